The van der Waals surface area contributed by atoms with Crippen LogP contribution >= 0.6 is 11.3 Å². The highest BCUT2D eigenvalue weighted by atomic mass is 32.1. The first-order chi connectivity index (χ1) is 16.3. The van der Waals surface area contributed by atoms with Gasteiger partial charge in [-0.1, -0.05) is 34.6 Å². The van der Waals surface area contributed by atoms with Crippen molar-refractivity contribution < 1.29 is 4.79 Å². The summed E-state index contributed by atoms with van der Waals surface area (Å²) in [7, 11) is 0. The summed E-state index contributed by atoms with van der Waals surface area (Å²) in [6, 6.07) is 7.62. The number of amides is 1. The lowest BCUT2D eigenvalue weighted by Gasteiger charge is -2.33. The highest BCUT2D eigenvalue weighted by Crippen LogP contribution is 2.44. The number of fused-ring (bicyclic) bond motifs is 3. The van der Waals surface area contributed by atoms with Crippen LogP contribution in [0.1, 0.15) is 61.8 Å². The topological polar surface area (TPSA) is 70.2 Å². The van der Waals surface area contributed by atoms with Gasteiger partial charge in [0.25, 0.3) is 5.91 Å². The second-order valence-electron chi connectivity index (χ2n) is 10.2. The summed E-state index contributed by atoms with van der Waals surface area (Å²) in [4.78, 5) is 26.5. The summed E-state index contributed by atoms with van der Waals surface area (Å²) in [6.45, 7) is 14.8. The molecule has 2 heterocycles. The van der Waals surface area contributed by atoms with E-state index >= 15 is 0 Å². The standard InChI is InChI=1S/C27H37N5OS/c1-6-32(7-2)15-14-28-25(33)18-8-11-20(12-9-18)31-24-23-21-13-10-19(27(3,4)5)16-22(21)34-26(23)30-17-29-24/h8-9,11-12,17,19H,6-7,10,13-16H2,1-5H3,(H,28,33)(H,29,30,31). The van der Waals surface area contributed by atoms with E-state index in [1.165, 1.54) is 16.9 Å². The number of likely N-dealkylation sites (N-methyl/N-ethyl adjacent to an activating group) is 1. The molecule has 34 heavy (non-hydrogen) atoms. The zero-order valence-corrected chi connectivity index (χ0v) is 21.9. The van der Waals surface area contributed by atoms with Crippen molar-refractivity contribution in [1.82, 2.24) is 20.2 Å². The number of hydrogen-bond acceptors (Lipinski definition) is 6. The van der Waals surface area contributed by atoms with E-state index in [0.717, 1.165) is 54.2 Å². The molecule has 0 saturated carbocycles. The normalized spacial score (nSPS) is 16.0. The lowest BCUT2D eigenvalue weighted by atomic mass is 9.72. The number of carbonyl (C=O) groups is 1. The van der Waals surface area contributed by atoms with Gasteiger partial charge >= 0.3 is 0 Å². The van der Waals surface area contributed by atoms with Crippen LogP contribution in [0.3, 0.4) is 0 Å². The second kappa shape index (κ2) is 10.4. The molecule has 0 aliphatic heterocycles. The van der Waals surface area contributed by atoms with Crippen LogP contribution in [0.4, 0.5) is 11.5 Å². The van der Waals surface area contributed by atoms with Gasteiger partial charge in [-0.25, -0.2) is 9.97 Å². The first kappa shape index (κ1) is 24.6. The molecule has 3 aromatic rings. The van der Waals surface area contributed by atoms with Crippen LogP contribution in [0.25, 0.3) is 10.2 Å². The van der Waals surface area contributed by atoms with Crippen molar-refractivity contribution in [3.05, 3.63) is 46.6 Å². The molecule has 0 saturated heterocycles. The molecule has 1 unspecified atom stereocenters. The van der Waals surface area contributed by atoms with E-state index < -0.39 is 0 Å². The SMILES string of the molecule is CCN(CC)CCNC(=O)c1ccc(Nc2ncnc3sc4c(c23)CCC(C(C)(C)C)C4)cc1. The molecule has 182 valence electrons. The number of aryl methyl sites for hydroxylation is 1. The van der Waals surface area contributed by atoms with Crippen LogP contribution < -0.4 is 10.6 Å². The minimum atomic E-state index is -0.0385. The fourth-order valence-corrected chi connectivity index (χ4v) is 6.02. The van der Waals surface area contributed by atoms with Crippen molar-refractivity contribution in [3.63, 3.8) is 0 Å². The molecular weight excluding hydrogens is 442 g/mol. The molecule has 4 rings (SSSR count). The van der Waals surface area contributed by atoms with Gasteiger partial charge in [-0.2, -0.15) is 0 Å². The lowest BCUT2D eigenvalue weighted by Crippen LogP contribution is -2.34. The van der Waals surface area contributed by atoms with Gasteiger partial charge in [0.15, 0.2) is 0 Å². The molecule has 7 heteroatoms. The molecule has 2 aromatic heterocycles. The fraction of sp³-hybridized carbons (Fsp3) is 0.519. The molecule has 1 aliphatic rings. The van der Waals surface area contributed by atoms with Crippen molar-refractivity contribution in [3.8, 4) is 0 Å². The molecule has 0 spiro atoms. The Morgan fingerprint density at radius 2 is 1.88 bits per heavy atom. The van der Waals surface area contributed by atoms with E-state index in [-0.39, 0.29) is 5.91 Å². The molecule has 0 radical (unpaired) electrons. The first-order valence-corrected chi connectivity index (χ1v) is 13.2. The number of thiophene rings is 1. The van der Waals surface area contributed by atoms with Gasteiger partial charge < -0.3 is 15.5 Å². The quantitative estimate of drug-likeness (QED) is 0.436. The molecule has 0 fully saturated rings. The Balaban J connectivity index is 1.46. The third-order valence-electron chi connectivity index (χ3n) is 7.09. The zero-order valence-electron chi connectivity index (χ0n) is 21.1. The molecule has 1 aromatic carbocycles. The maximum Gasteiger partial charge on any atom is 0.251 e. The highest BCUT2D eigenvalue weighted by molar-refractivity contribution is 7.19. The van der Waals surface area contributed by atoms with Crippen molar-refractivity contribution in [1.29, 1.82) is 0 Å². The summed E-state index contributed by atoms with van der Waals surface area (Å²) >= 11 is 1.82. The summed E-state index contributed by atoms with van der Waals surface area (Å²) in [6.07, 6.45) is 5.05. The van der Waals surface area contributed by atoms with Gasteiger partial charge in [-0.3, -0.25) is 4.79 Å². The third kappa shape index (κ3) is 5.41. The van der Waals surface area contributed by atoms with Gasteiger partial charge in [-0.05, 0) is 73.5 Å². The second-order valence-corrected chi connectivity index (χ2v) is 11.3. The maximum absolute atomic E-state index is 12.5. The minimum Gasteiger partial charge on any atom is -0.351 e. The number of carbonyl (C=O) groups excluding carboxylic acids is 1. The van der Waals surface area contributed by atoms with Gasteiger partial charge in [0.1, 0.15) is 17.0 Å². The number of rotatable bonds is 8. The first-order valence-electron chi connectivity index (χ1n) is 12.4. The predicted molar refractivity (Wildman–Crippen MR) is 142 cm³/mol. The smallest absolute Gasteiger partial charge is 0.251 e. The summed E-state index contributed by atoms with van der Waals surface area (Å²) in [5.74, 6) is 1.51. The largest absolute Gasteiger partial charge is 0.351 e. The Morgan fingerprint density at radius 3 is 2.56 bits per heavy atom. The van der Waals surface area contributed by atoms with E-state index in [1.54, 1.807) is 6.33 Å². The highest BCUT2D eigenvalue weighted by Gasteiger charge is 2.31. The maximum atomic E-state index is 12.5. The average molecular weight is 480 g/mol. The van der Waals surface area contributed by atoms with Crippen molar-refractivity contribution in [2.45, 2.75) is 53.9 Å². The Morgan fingerprint density at radius 1 is 1.15 bits per heavy atom. The fourth-order valence-electron chi connectivity index (χ4n) is 4.76. The molecular formula is C27H37N5OS. The summed E-state index contributed by atoms with van der Waals surface area (Å²) in [5.41, 5.74) is 3.31. The third-order valence-corrected chi connectivity index (χ3v) is 8.25. The van der Waals surface area contributed by atoms with Crippen LogP contribution in [0.15, 0.2) is 30.6 Å². The minimum absolute atomic E-state index is 0.0385. The van der Waals surface area contributed by atoms with E-state index in [2.05, 4.69) is 60.1 Å². The Hall–Kier alpha value is -2.51. The van der Waals surface area contributed by atoms with Crippen LogP contribution in [0, 0.1) is 11.3 Å². The number of nitrogens with one attached hydrogen (secondary N) is 2. The summed E-state index contributed by atoms with van der Waals surface area (Å²) in [5, 5.41) is 7.66. The van der Waals surface area contributed by atoms with Crippen molar-refractivity contribution in [2.24, 2.45) is 11.3 Å². The van der Waals surface area contributed by atoms with Crippen LogP contribution in [-0.2, 0) is 12.8 Å². The Labute approximate surface area is 207 Å². The Kier molecular flexibility index (Phi) is 7.53. The van der Waals surface area contributed by atoms with Crippen LogP contribution in [0.2, 0.25) is 0 Å². The summed E-state index contributed by atoms with van der Waals surface area (Å²) < 4.78 is 0. The number of benzene rings is 1. The van der Waals surface area contributed by atoms with E-state index in [4.69, 9.17) is 0 Å². The van der Waals surface area contributed by atoms with Crippen LogP contribution in [0.5, 0.6) is 0 Å². The molecule has 0 bridgehead atoms. The molecule has 1 aliphatic carbocycles. The van der Waals surface area contributed by atoms with Gasteiger partial charge in [0.05, 0.1) is 5.39 Å². The van der Waals surface area contributed by atoms with Crippen molar-refractivity contribution >= 4 is 39.0 Å². The average Bonchev–Trinajstić information content (AvgIpc) is 3.20. The lowest BCUT2D eigenvalue weighted by molar-refractivity contribution is 0.0949. The monoisotopic (exact) mass is 479 g/mol. The molecule has 2 N–H and O–H groups in total. The van der Waals surface area contributed by atoms with E-state index in [9.17, 15) is 4.79 Å². The molecule has 1 atom stereocenters. The van der Waals surface area contributed by atoms with Gasteiger partial charge in [0, 0.05) is 29.2 Å². The van der Waals surface area contributed by atoms with E-state index in [1.807, 2.05) is 35.6 Å². The molecule has 6 nitrogen and oxygen atoms in total. The van der Waals surface area contributed by atoms with Gasteiger partial charge in [-0.15, -0.1) is 11.3 Å². The van der Waals surface area contributed by atoms with Crippen molar-refractivity contribution in [2.75, 3.05) is 31.5 Å². The Bertz CT molecular complexity index is 1130. The van der Waals surface area contributed by atoms with E-state index in [0.29, 0.717) is 23.4 Å². The number of hydrogen-bond donors (Lipinski definition) is 2. The molecule has 1 amide bonds. The van der Waals surface area contributed by atoms with Crippen LogP contribution in [-0.4, -0.2) is 47.0 Å². The number of nitrogens with zero attached hydrogens (tertiary/aromatic N) is 3. The number of anilines is 2. The number of aromatic nitrogens is 2. The predicted octanol–water partition coefficient (Wildman–Crippen LogP) is 5.66. The zero-order chi connectivity index (χ0) is 24.3. The van der Waals surface area contributed by atoms with Gasteiger partial charge in [0.2, 0.25) is 0 Å².